The number of carbonyl (C=O) groups is 1. The lowest BCUT2D eigenvalue weighted by molar-refractivity contribution is 0.0697. The van der Waals surface area contributed by atoms with E-state index in [4.69, 9.17) is 4.74 Å². The van der Waals surface area contributed by atoms with Crippen LogP contribution in [0.1, 0.15) is 17.3 Å². The molecule has 3 aromatic rings. The van der Waals surface area contributed by atoms with Gasteiger partial charge in [0.25, 0.3) is 0 Å². The van der Waals surface area contributed by atoms with Gasteiger partial charge in [-0.25, -0.2) is 9.78 Å². The van der Waals surface area contributed by atoms with Crippen LogP contribution in [0.25, 0.3) is 22.6 Å². The smallest absolute Gasteiger partial charge is 0.336 e. The van der Waals surface area contributed by atoms with Crippen molar-refractivity contribution in [3.05, 3.63) is 60.3 Å². The minimum absolute atomic E-state index is 0.222. The maximum atomic E-state index is 11.3. The van der Waals surface area contributed by atoms with E-state index in [-0.39, 0.29) is 5.56 Å². The molecule has 5 nitrogen and oxygen atoms in total. The molecule has 0 saturated heterocycles. The van der Waals surface area contributed by atoms with Gasteiger partial charge in [0.1, 0.15) is 11.6 Å². The first-order valence-corrected chi connectivity index (χ1v) is 7.30. The lowest BCUT2D eigenvalue weighted by atomic mass is 10.1. The second kappa shape index (κ2) is 6.36. The fourth-order valence-electron chi connectivity index (χ4n) is 2.38. The van der Waals surface area contributed by atoms with Crippen LogP contribution in [0.5, 0.6) is 5.75 Å². The van der Waals surface area contributed by atoms with Gasteiger partial charge in [-0.05, 0) is 42.8 Å². The summed E-state index contributed by atoms with van der Waals surface area (Å²) in [6.45, 7) is 2.56. The van der Waals surface area contributed by atoms with Crippen LogP contribution in [-0.2, 0) is 0 Å². The molecule has 0 fully saturated rings. The molecule has 0 bridgehead atoms. The Morgan fingerprint density at radius 2 is 1.91 bits per heavy atom. The van der Waals surface area contributed by atoms with Gasteiger partial charge in [0.05, 0.1) is 24.1 Å². The minimum Gasteiger partial charge on any atom is -0.494 e. The Hall–Kier alpha value is -3.08. The molecule has 0 amide bonds. The summed E-state index contributed by atoms with van der Waals surface area (Å²) in [5.74, 6) is 0.374. The number of carboxylic acid groups (broad SMARTS) is 1. The molecule has 3 rings (SSSR count). The summed E-state index contributed by atoms with van der Waals surface area (Å²) in [6, 6.07) is 14.5. The normalized spacial score (nSPS) is 10.5. The summed E-state index contributed by atoms with van der Waals surface area (Å²) >= 11 is 0. The maximum absolute atomic E-state index is 11.3. The molecule has 0 spiro atoms. The number of H-pyrrole nitrogens is 1. The molecule has 23 heavy (non-hydrogen) atoms. The number of carboxylic acids is 1. The predicted molar refractivity (Wildman–Crippen MR) is 87.6 cm³/mol. The first-order chi connectivity index (χ1) is 11.2. The lowest BCUT2D eigenvalue weighted by Crippen LogP contribution is -1.99. The first-order valence-electron chi connectivity index (χ1n) is 7.30. The average Bonchev–Trinajstić information content (AvgIpc) is 3.06. The molecule has 0 saturated carbocycles. The Kier molecular flexibility index (Phi) is 4.10. The van der Waals surface area contributed by atoms with E-state index in [1.807, 2.05) is 31.2 Å². The number of hydrogen-bond acceptors (Lipinski definition) is 3. The van der Waals surface area contributed by atoms with Crippen molar-refractivity contribution in [2.24, 2.45) is 0 Å². The van der Waals surface area contributed by atoms with Gasteiger partial charge in [-0.15, -0.1) is 0 Å². The van der Waals surface area contributed by atoms with Crippen LogP contribution >= 0.6 is 0 Å². The van der Waals surface area contributed by atoms with E-state index in [9.17, 15) is 9.90 Å². The Morgan fingerprint density at radius 3 is 2.61 bits per heavy atom. The number of ether oxygens (including phenoxy) is 1. The fraction of sp³-hybridized carbons (Fsp3) is 0.111. The van der Waals surface area contributed by atoms with Crippen molar-refractivity contribution in [1.82, 2.24) is 9.97 Å². The van der Waals surface area contributed by atoms with Crippen molar-refractivity contribution in [1.29, 1.82) is 0 Å². The number of nitrogens with zero attached hydrogens (tertiary/aromatic N) is 1. The molecular weight excluding hydrogens is 292 g/mol. The summed E-state index contributed by atoms with van der Waals surface area (Å²) in [5.41, 5.74) is 2.57. The highest BCUT2D eigenvalue weighted by Gasteiger charge is 2.13. The molecule has 2 aromatic carbocycles. The molecule has 2 N–H and O–H groups in total. The zero-order chi connectivity index (χ0) is 16.2. The highest BCUT2D eigenvalue weighted by molar-refractivity contribution is 5.95. The van der Waals surface area contributed by atoms with Crippen LogP contribution in [0.4, 0.5) is 0 Å². The molecule has 0 atom stereocenters. The number of aromatic carboxylic acids is 1. The van der Waals surface area contributed by atoms with E-state index in [1.54, 1.807) is 30.5 Å². The lowest BCUT2D eigenvalue weighted by Gasteiger charge is -2.04. The molecule has 0 unspecified atom stereocenters. The van der Waals surface area contributed by atoms with Gasteiger partial charge in [-0.3, -0.25) is 0 Å². The molecule has 0 aliphatic rings. The third-order valence-electron chi connectivity index (χ3n) is 3.46. The zero-order valence-electron chi connectivity index (χ0n) is 12.6. The van der Waals surface area contributed by atoms with E-state index in [0.717, 1.165) is 17.0 Å². The standard InChI is InChI=1S/C18H16N2O3/c1-2-23-13-9-7-12(8-10-13)16-11-19-17(20-16)14-5-3-4-6-15(14)18(21)22/h3-11H,2H2,1H3,(H,19,20)(H,21,22). The monoisotopic (exact) mass is 308 g/mol. The molecule has 116 valence electrons. The first kappa shape index (κ1) is 14.8. The summed E-state index contributed by atoms with van der Waals surface area (Å²) in [5, 5.41) is 9.28. The third kappa shape index (κ3) is 3.08. The van der Waals surface area contributed by atoms with Gasteiger partial charge in [0.2, 0.25) is 0 Å². The third-order valence-corrected chi connectivity index (χ3v) is 3.46. The van der Waals surface area contributed by atoms with Crippen LogP contribution in [-0.4, -0.2) is 27.7 Å². The molecule has 0 radical (unpaired) electrons. The molecule has 0 aliphatic carbocycles. The van der Waals surface area contributed by atoms with Gasteiger partial charge in [-0.2, -0.15) is 0 Å². The number of imidazole rings is 1. The molecule has 0 aliphatic heterocycles. The SMILES string of the molecule is CCOc1ccc(-c2cnc(-c3ccccc3C(=O)O)[nH]2)cc1. The van der Waals surface area contributed by atoms with Crippen molar-refractivity contribution in [3.63, 3.8) is 0 Å². The second-order valence-electron chi connectivity index (χ2n) is 4.95. The summed E-state index contributed by atoms with van der Waals surface area (Å²) in [6.07, 6.45) is 1.70. The van der Waals surface area contributed by atoms with Gasteiger partial charge >= 0.3 is 5.97 Å². The highest BCUT2D eigenvalue weighted by Crippen LogP contribution is 2.26. The largest absolute Gasteiger partial charge is 0.494 e. The van der Waals surface area contributed by atoms with Crippen molar-refractivity contribution in [3.8, 4) is 28.4 Å². The van der Waals surface area contributed by atoms with Gasteiger partial charge < -0.3 is 14.8 Å². The molecular formula is C18H16N2O3. The Balaban J connectivity index is 1.93. The summed E-state index contributed by atoms with van der Waals surface area (Å²) in [7, 11) is 0. The van der Waals surface area contributed by atoms with E-state index in [0.29, 0.717) is 18.0 Å². The Labute approximate surface area is 133 Å². The second-order valence-corrected chi connectivity index (χ2v) is 4.95. The highest BCUT2D eigenvalue weighted by atomic mass is 16.5. The van der Waals surface area contributed by atoms with Crippen LogP contribution in [0.2, 0.25) is 0 Å². The Bertz CT molecular complexity index is 822. The summed E-state index contributed by atoms with van der Waals surface area (Å²) < 4.78 is 5.42. The predicted octanol–water partition coefficient (Wildman–Crippen LogP) is 3.84. The number of aromatic nitrogens is 2. The molecule has 1 heterocycles. The number of aromatic amines is 1. The number of benzene rings is 2. The quantitative estimate of drug-likeness (QED) is 0.751. The van der Waals surface area contributed by atoms with Crippen LogP contribution in [0.15, 0.2) is 54.7 Å². The van der Waals surface area contributed by atoms with E-state index >= 15 is 0 Å². The molecule has 5 heteroatoms. The molecule has 1 aromatic heterocycles. The summed E-state index contributed by atoms with van der Waals surface area (Å²) in [4.78, 5) is 18.8. The van der Waals surface area contributed by atoms with Crippen molar-refractivity contribution >= 4 is 5.97 Å². The number of hydrogen-bond donors (Lipinski definition) is 2. The topological polar surface area (TPSA) is 75.2 Å². The fourth-order valence-corrected chi connectivity index (χ4v) is 2.38. The number of nitrogens with one attached hydrogen (secondary N) is 1. The van der Waals surface area contributed by atoms with Crippen molar-refractivity contribution in [2.75, 3.05) is 6.61 Å². The van der Waals surface area contributed by atoms with Crippen LogP contribution in [0, 0.1) is 0 Å². The van der Waals surface area contributed by atoms with E-state index < -0.39 is 5.97 Å². The van der Waals surface area contributed by atoms with E-state index in [2.05, 4.69) is 9.97 Å². The Morgan fingerprint density at radius 1 is 1.17 bits per heavy atom. The zero-order valence-corrected chi connectivity index (χ0v) is 12.6. The van der Waals surface area contributed by atoms with Crippen molar-refractivity contribution < 1.29 is 14.6 Å². The van der Waals surface area contributed by atoms with Crippen LogP contribution in [0.3, 0.4) is 0 Å². The van der Waals surface area contributed by atoms with Crippen LogP contribution < -0.4 is 4.74 Å². The maximum Gasteiger partial charge on any atom is 0.336 e. The average molecular weight is 308 g/mol. The van der Waals surface area contributed by atoms with Gasteiger partial charge in [-0.1, -0.05) is 18.2 Å². The van der Waals surface area contributed by atoms with Gasteiger partial charge in [0.15, 0.2) is 0 Å². The van der Waals surface area contributed by atoms with Gasteiger partial charge in [0, 0.05) is 5.56 Å². The van der Waals surface area contributed by atoms with E-state index in [1.165, 1.54) is 0 Å². The van der Waals surface area contributed by atoms with Crippen molar-refractivity contribution in [2.45, 2.75) is 6.92 Å². The minimum atomic E-state index is -0.973. The number of rotatable bonds is 5.